The molecule has 0 unspecified atom stereocenters. The second-order valence-electron chi connectivity index (χ2n) is 4.72. The van der Waals surface area contributed by atoms with Crippen molar-refractivity contribution in [3.8, 4) is 0 Å². The Labute approximate surface area is 92.5 Å². The summed E-state index contributed by atoms with van der Waals surface area (Å²) < 4.78 is 0. The zero-order valence-electron chi connectivity index (χ0n) is 11.6. The Bertz CT molecular complexity index is 96.6. The van der Waals surface area contributed by atoms with Gasteiger partial charge in [-0.05, 0) is 24.2 Å². The van der Waals surface area contributed by atoms with Crippen molar-refractivity contribution < 1.29 is 0 Å². The first-order chi connectivity index (χ1) is 6.56. The topological polar surface area (TPSA) is 0 Å². The van der Waals surface area contributed by atoms with Gasteiger partial charge in [0.25, 0.3) is 0 Å². The third kappa shape index (κ3) is 6.45. The zero-order valence-corrected chi connectivity index (χ0v) is 11.6. The van der Waals surface area contributed by atoms with E-state index in [-0.39, 0.29) is 0 Å². The molecule has 0 aromatic carbocycles. The van der Waals surface area contributed by atoms with Gasteiger partial charge in [0.1, 0.15) is 0 Å². The van der Waals surface area contributed by atoms with Crippen LogP contribution in [0.5, 0.6) is 0 Å². The predicted molar refractivity (Wildman–Crippen MR) is 68.7 cm³/mol. The minimum absolute atomic E-state index is 0.694. The fraction of sp³-hybridized carbons (Fsp3) is 1.00. The third-order valence-electron chi connectivity index (χ3n) is 3.14. The minimum Gasteiger partial charge on any atom is -0.0683 e. The van der Waals surface area contributed by atoms with E-state index in [1.54, 1.807) is 0 Å². The molecule has 0 heteroatoms. The van der Waals surface area contributed by atoms with Gasteiger partial charge < -0.3 is 0 Å². The largest absolute Gasteiger partial charge is 0.0683 e. The number of rotatable bonds is 1. The highest BCUT2D eigenvalue weighted by molar-refractivity contribution is 4.82. The molecule has 88 valence electrons. The molecule has 1 saturated carbocycles. The van der Waals surface area contributed by atoms with E-state index in [1.807, 2.05) is 13.8 Å². The van der Waals surface area contributed by atoms with Gasteiger partial charge in [-0.2, -0.15) is 0 Å². The third-order valence-corrected chi connectivity index (χ3v) is 3.14. The quantitative estimate of drug-likeness (QED) is 0.512. The molecule has 1 rings (SSSR count). The summed E-state index contributed by atoms with van der Waals surface area (Å²) in [6.45, 7) is 15.4. The summed E-state index contributed by atoms with van der Waals surface area (Å²) >= 11 is 0. The van der Waals surface area contributed by atoms with E-state index in [9.17, 15) is 0 Å². The van der Waals surface area contributed by atoms with Gasteiger partial charge in [-0.3, -0.25) is 0 Å². The van der Waals surface area contributed by atoms with Crippen molar-refractivity contribution in [1.29, 1.82) is 0 Å². The fourth-order valence-electron chi connectivity index (χ4n) is 1.76. The Kier molecular flexibility index (Phi) is 11.2. The summed E-state index contributed by atoms with van der Waals surface area (Å²) in [5, 5.41) is 0. The van der Waals surface area contributed by atoms with Crippen molar-refractivity contribution in [3.05, 3.63) is 0 Å². The molecule has 1 fully saturated rings. The van der Waals surface area contributed by atoms with Crippen LogP contribution in [0, 0.1) is 11.3 Å². The molecule has 0 spiro atoms. The van der Waals surface area contributed by atoms with Crippen molar-refractivity contribution in [2.24, 2.45) is 11.3 Å². The monoisotopic (exact) mass is 200 g/mol. The van der Waals surface area contributed by atoms with Crippen molar-refractivity contribution in [3.63, 3.8) is 0 Å². The second kappa shape index (κ2) is 9.55. The highest BCUT2D eigenvalue weighted by Gasteiger charge is 2.31. The van der Waals surface area contributed by atoms with Crippen molar-refractivity contribution in [1.82, 2.24) is 0 Å². The minimum atomic E-state index is 0.694. The normalized spacial score (nSPS) is 18.0. The molecule has 0 radical (unpaired) electrons. The van der Waals surface area contributed by atoms with Crippen LogP contribution < -0.4 is 0 Å². The molecule has 0 amide bonds. The molecule has 0 bridgehead atoms. The molecule has 0 aromatic heterocycles. The van der Waals surface area contributed by atoms with Gasteiger partial charge >= 0.3 is 0 Å². The maximum absolute atomic E-state index is 2.44. The van der Waals surface area contributed by atoms with Gasteiger partial charge in [-0.1, -0.05) is 67.7 Å². The summed E-state index contributed by atoms with van der Waals surface area (Å²) in [6, 6.07) is 0. The summed E-state index contributed by atoms with van der Waals surface area (Å²) in [4.78, 5) is 0. The predicted octanol–water partition coefficient (Wildman–Crippen LogP) is 5.67. The first-order valence-corrected chi connectivity index (χ1v) is 6.56. The smallest absolute Gasteiger partial charge is 0.0303 e. The van der Waals surface area contributed by atoms with Crippen LogP contribution >= 0.6 is 0 Å². The second-order valence-corrected chi connectivity index (χ2v) is 4.72. The lowest BCUT2D eigenvalue weighted by Crippen LogP contribution is -2.18. The van der Waals surface area contributed by atoms with Gasteiger partial charge in [0, 0.05) is 0 Å². The Balaban J connectivity index is 0. The fourth-order valence-corrected chi connectivity index (χ4v) is 1.76. The van der Waals surface area contributed by atoms with Crippen molar-refractivity contribution >= 4 is 0 Å². The molecule has 14 heavy (non-hydrogen) atoms. The van der Waals surface area contributed by atoms with Gasteiger partial charge in [0.2, 0.25) is 0 Å². The first kappa shape index (κ1) is 16.4. The van der Waals surface area contributed by atoms with Gasteiger partial charge in [0.15, 0.2) is 0 Å². The van der Waals surface area contributed by atoms with Gasteiger partial charge in [-0.25, -0.2) is 0 Å². The van der Waals surface area contributed by atoms with Crippen LogP contribution in [-0.2, 0) is 0 Å². The molecule has 0 atom stereocenters. The molecule has 1 aliphatic carbocycles. The zero-order chi connectivity index (χ0) is 11.6. The molecule has 1 aliphatic rings. The van der Waals surface area contributed by atoms with Crippen LogP contribution in [0.25, 0.3) is 0 Å². The van der Waals surface area contributed by atoms with E-state index >= 15 is 0 Å². The number of hydrogen-bond acceptors (Lipinski definition) is 0. The molecule has 0 N–H and O–H groups in total. The van der Waals surface area contributed by atoms with Crippen LogP contribution in [-0.4, -0.2) is 0 Å². The van der Waals surface area contributed by atoms with Gasteiger partial charge in [-0.15, -0.1) is 0 Å². The Morgan fingerprint density at radius 1 is 1.00 bits per heavy atom. The lowest BCUT2D eigenvalue weighted by atomic mass is 9.78. The van der Waals surface area contributed by atoms with E-state index in [2.05, 4.69) is 34.6 Å². The van der Waals surface area contributed by atoms with Crippen LogP contribution in [0.2, 0.25) is 0 Å². The molecule has 0 aromatic rings. The maximum atomic E-state index is 2.44. The summed E-state index contributed by atoms with van der Waals surface area (Å²) in [6.07, 6.45) is 7.11. The highest BCUT2D eigenvalue weighted by atomic mass is 14.4. The standard InChI is InChI=1S/C9H18.C3H8.C2H6/c1-8(2)9(3)6-4-5-7-9;1-3-2;1-2/h8H,4-7H2,1-3H3;3H2,1-2H3;1-2H3. The Morgan fingerprint density at radius 2 is 1.29 bits per heavy atom. The van der Waals surface area contributed by atoms with Crippen molar-refractivity contribution in [2.75, 3.05) is 0 Å². The van der Waals surface area contributed by atoms with E-state index in [4.69, 9.17) is 0 Å². The van der Waals surface area contributed by atoms with E-state index < -0.39 is 0 Å². The van der Waals surface area contributed by atoms with Crippen molar-refractivity contribution in [2.45, 2.75) is 80.6 Å². The average Bonchev–Trinajstić information content (AvgIpc) is 2.58. The molecular weight excluding hydrogens is 168 g/mol. The average molecular weight is 200 g/mol. The molecule has 0 nitrogen and oxygen atoms in total. The Morgan fingerprint density at radius 3 is 1.43 bits per heavy atom. The molecule has 0 heterocycles. The summed E-state index contributed by atoms with van der Waals surface area (Å²) in [5.41, 5.74) is 0.694. The summed E-state index contributed by atoms with van der Waals surface area (Å²) in [7, 11) is 0. The van der Waals surface area contributed by atoms with E-state index in [0.29, 0.717) is 5.41 Å². The van der Waals surface area contributed by atoms with Crippen LogP contribution in [0.4, 0.5) is 0 Å². The van der Waals surface area contributed by atoms with Crippen LogP contribution in [0.1, 0.15) is 80.6 Å². The van der Waals surface area contributed by atoms with E-state index in [0.717, 1.165) is 5.92 Å². The lowest BCUT2D eigenvalue weighted by Gasteiger charge is -2.27. The molecular formula is C14H32. The SMILES string of the molecule is CC.CC(C)C1(C)CCCC1.CCC. The summed E-state index contributed by atoms with van der Waals surface area (Å²) in [5.74, 6) is 0.889. The van der Waals surface area contributed by atoms with Gasteiger partial charge in [0.05, 0.1) is 0 Å². The maximum Gasteiger partial charge on any atom is -0.0303 e. The lowest BCUT2D eigenvalue weighted by molar-refractivity contribution is 0.228. The van der Waals surface area contributed by atoms with Crippen LogP contribution in [0.3, 0.4) is 0 Å². The van der Waals surface area contributed by atoms with Crippen LogP contribution in [0.15, 0.2) is 0 Å². The van der Waals surface area contributed by atoms with E-state index in [1.165, 1.54) is 32.1 Å². The molecule has 0 saturated heterocycles. The Hall–Kier alpha value is 0. The number of hydrogen-bond donors (Lipinski definition) is 0. The highest BCUT2D eigenvalue weighted by Crippen LogP contribution is 2.43. The first-order valence-electron chi connectivity index (χ1n) is 6.56. The molecule has 0 aliphatic heterocycles.